The molecule has 0 bridgehead atoms. The molecule has 22 heavy (non-hydrogen) atoms. The molecule has 132 valence electrons. The molecule has 3 N–H and O–H groups in total. The number of esters is 1. The lowest BCUT2D eigenvalue weighted by atomic mass is 9.92. The Labute approximate surface area is 121 Å². The van der Waals surface area contributed by atoms with Gasteiger partial charge in [-0.25, -0.2) is 0 Å². The number of hydrogen-bond donors (Lipinski definition) is 3. The van der Waals surface area contributed by atoms with Crippen LogP contribution in [0.5, 0.6) is 0 Å². The van der Waals surface area contributed by atoms with Crippen LogP contribution in [0.3, 0.4) is 0 Å². The summed E-state index contributed by atoms with van der Waals surface area (Å²) in [6, 6.07) is 0. The zero-order chi connectivity index (χ0) is 18.0. The lowest BCUT2D eigenvalue weighted by Crippen LogP contribution is -2.58. The van der Waals surface area contributed by atoms with E-state index in [2.05, 4.69) is 4.74 Å². The summed E-state index contributed by atoms with van der Waals surface area (Å²) in [6.07, 6.45) is -16.0. The van der Waals surface area contributed by atoms with Gasteiger partial charge >= 0.3 is 18.3 Å². The predicted molar refractivity (Wildman–Crippen MR) is 59.5 cm³/mol. The van der Waals surface area contributed by atoms with Gasteiger partial charge in [0.2, 0.25) is 0 Å². The van der Waals surface area contributed by atoms with Gasteiger partial charge in [0.25, 0.3) is 5.60 Å². The molecule has 1 unspecified atom stereocenters. The topological polar surface area (TPSA) is 87.0 Å². The quantitative estimate of drug-likeness (QED) is 0.498. The smallest absolute Gasteiger partial charge is 0.426 e. The number of aliphatic hydroxyl groups is 3. The van der Waals surface area contributed by atoms with Crippen molar-refractivity contribution in [2.75, 3.05) is 13.2 Å². The number of halogens is 6. The summed E-state index contributed by atoms with van der Waals surface area (Å²) in [7, 11) is 0. The van der Waals surface area contributed by atoms with Crippen LogP contribution >= 0.6 is 0 Å². The highest BCUT2D eigenvalue weighted by Gasteiger charge is 2.70. The Kier molecular flexibility index (Phi) is 6.27. The number of ether oxygens (including phenoxy) is 1. The number of carbonyl (C=O) groups excluding carboxylic acids is 1. The third-order valence-electron chi connectivity index (χ3n) is 3.02. The Morgan fingerprint density at radius 3 is 1.68 bits per heavy atom. The molecule has 0 aliphatic rings. The molecule has 5 nitrogen and oxygen atoms in total. The molecular formula is C11H16F6O5. The summed E-state index contributed by atoms with van der Waals surface area (Å²) < 4.78 is 79.2. The van der Waals surface area contributed by atoms with Crippen molar-refractivity contribution in [1.82, 2.24) is 0 Å². The number of hydrogen-bond acceptors (Lipinski definition) is 5. The van der Waals surface area contributed by atoms with Gasteiger partial charge in [-0.15, -0.1) is 0 Å². The van der Waals surface area contributed by atoms with Crippen LogP contribution in [0.25, 0.3) is 0 Å². The molecular weight excluding hydrogens is 326 g/mol. The van der Waals surface area contributed by atoms with E-state index in [9.17, 15) is 31.1 Å². The van der Waals surface area contributed by atoms with E-state index in [1.54, 1.807) is 0 Å². The van der Waals surface area contributed by atoms with Crippen LogP contribution in [0.4, 0.5) is 26.3 Å². The Balaban J connectivity index is 5.18. The second-order valence-electron chi connectivity index (χ2n) is 5.15. The van der Waals surface area contributed by atoms with Crippen molar-refractivity contribution in [3.05, 3.63) is 0 Å². The van der Waals surface area contributed by atoms with Crippen LogP contribution in [-0.4, -0.2) is 58.6 Å². The molecule has 0 aromatic carbocycles. The second kappa shape index (κ2) is 6.59. The Bertz CT molecular complexity index is 373. The van der Waals surface area contributed by atoms with Crippen molar-refractivity contribution >= 4 is 5.97 Å². The van der Waals surface area contributed by atoms with Crippen molar-refractivity contribution in [2.24, 2.45) is 5.41 Å². The highest BCUT2D eigenvalue weighted by atomic mass is 19.4. The zero-order valence-electron chi connectivity index (χ0n) is 11.6. The first-order chi connectivity index (χ1) is 9.64. The summed E-state index contributed by atoms with van der Waals surface area (Å²) >= 11 is 0. The fourth-order valence-electron chi connectivity index (χ4n) is 1.35. The summed E-state index contributed by atoms with van der Waals surface area (Å²) in [5, 5.41) is 26.7. The first-order valence-electron chi connectivity index (χ1n) is 5.93. The number of rotatable bonds is 6. The third-order valence-corrected chi connectivity index (χ3v) is 3.02. The van der Waals surface area contributed by atoms with Crippen molar-refractivity contribution in [1.29, 1.82) is 0 Å². The molecule has 0 rings (SSSR count). The van der Waals surface area contributed by atoms with Gasteiger partial charge in [0.15, 0.2) is 0 Å². The minimum Gasteiger partial charge on any atom is -0.462 e. The molecule has 0 spiro atoms. The monoisotopic (exact) mass is 342 g/mol. The minimum atomic E-state index is -6.02. The lowest BCUT2D eigenvalue weighted by molar-refractivity contribution is -0.373. The number of carbonyl (C=O) groups is 1. The summed E-state index contributed by atoms with van der Waals surface area (Å²) in [5.74, 6) is -1.39. The molecule has 0 aromatic heterocycles. The van der Waals surface area contributed by atoms with Crippen LogP contribution in [0.2, 0.25) is 0 Å². The van der Waals surface area contributed by atoms with Crippen LogP contribution in [-0.2, 0) is 9.53 Å². The number of aliphatic hydroxyl groups excluding tert-OH is 2. The summed E-state index contributed by atoms with van der Waals surface area (Å²) in [4.78, 5) is 11.5. The summed E-state index contributed by atoms with van der Waals surface area (Å²) in [6.45, 7) is -0.146. The van der Waals surface area contributed by atoms with Crippen LogP contribution < -0.4 is 0 Å². The minimum absolute atomic E-state index is 0.718. The molecule has 0 aromatic rings. The van der Waals surface area contributed by atoms with E-state index in [0.29, 0.717) is 0 Å². The van der Waals surface area contributed by atoms with Gasteiger partial charge in [-0.3, -0.25) is 4.79 Å². The molecule has 0 fully saturated rings. The van der Waals surface area contributed by atoms with Gasteiger partial charge < -0.3 is 20.1 Å². The maximum absolute atomic E-state index is 12.5. The van der Waals surface area contributed by atoms with E-state index in [0.717, 1.165) is 13.8 Å². The molecule has 0 radical (unpaired) electrons. The van der Waals surface area contributed by atoms with Crippen molar-refractivity contribution < 1.29 is 51.2 Å². The van der Waals surface area contributed by atoms with E-state index in [-0.39, 0.29) is 0 Å². The molecule has 11 heteroatoms. The Morgan fingerprint density at radius 1 is 1.05 bits per heavy atom. The maximum atomic E-state index is 12.5. The number of alkyl halides is 6. The van der Waals surface area contributed by atoms with Crippen molar-refractivity contribution in [2.45, 2.75) is 44.3 Å². The standard InChI is InChI=1S/C11H16F6O5/c1-6(22-7(20)8(2,4-18)5-19)3-9(21,10(12,13)14)11(15,16)17/h6,18-19,21H,3-5H2,1-2H3. The highest BCUT2D eigenvalue weighted by Crippen LogP contribution is 2.46. The Morgan fingerprint density at radius 2 is 1.41 bits per heavy atom. The first-order valence-corrected chi connectivity index (χ1v) is 5.93. The van der Waals surface area contributed by atoms with E-state index in [1.165, 1.54) is 0 Å². The molecule has 0 saturated heterocycles. The first kappa shape index (κ1) is 20.9. The maximum Gasteiger partial charge on any atom is 0.426 e. The molecule has 0 aliphatic heterocycles. The van der Waals surface area contributed by atoms with Crippen molar-refractivity contribution in [3.63, 3.8) is 0 Å². The van der Waals surface area contributed by atoms with E-state index in [4.69, 9.17) is 15.3 Å². The Hall–Kier alpha value is -1.07. The van der Waals surface area contributed by atoms with Gasteiger partial charge in [0.05, 0.1) is 13.2 Å². The molecule has 0 amide bonds. The average molecular weight is 342 g/mol. The SMILES string of the molecule is CC(CC(O)(C(F)(F)F)C(F)(F)F)OC(=O)C(C)(CO)CO. The summed E-state index contributed by atoms with van der Waals surface area (Å²) in [5.41, 5.74) is -6.93. The average Bonchev–Trinajstić information content (AvgIpc) is 2.34. The van der Waals surface area contributed by atoms with Gasteiger partial charge in [0.1, 0.15) is 11.5 Å². The van der Waals surface area contributed by atoms with Gasteiger partial charge in [0, 0.05) is 6.42 Å². The van der Waals surface area contributed by atoms with E-state index in [1.807, 2.05) is 0 Å². The molecule has 0 heterocycles. The lowest BCUT2D eigenvalue weighted by Gasteiger charge is -2.34. The molecule has 0 aliphatic carbocycles. The van der Waals surface area contributed by atoms with Crippen molar-refractivity contribution in [3.8, 4) is 0 Å². The zero-order valence-corrected chi connectivity index (χ0v) is 11.6. The van der Waals surface area contributed by atoms with Gasteiger partial charge in [-0.2, -0.15) is 26.3 Å². The third kappa shape index (κ3) is 4.23. The molecule has 0 saturated carbocycles. The fraction of sp³-hybridized carbons (Fsp3) is 0.909. The van der Waals surface area contributed by atoms with Crippen LogP contribution in [0, 0.1) is 5.41 Å². The van der Waals surface area contributed by atoms with Crippen LogP contribution in [0.15, 0.2) is 0 Å². The largest absolute Gasteiger partial charge is 0.462 e. The van der Waals surface area contributed by atoms with E-state index >= 15 is 0 Å². The molecule has 1 atom stereocenters. The van der Waals surface area contributed by atoms with Crippen LogP contribution in [0.1, 0.15) is 20.3 Å². The van der Waals surface area contributed by atoms with Gasteiger partial charge in [-0.05, 0) is 13.8 Å². The normalized spacial score (nSPS) is 15.6. The second-order valence-corrected chi connectivity index (χ2v) is 5.15. The van der Waals surface area contributed by atoms with E-state index < -0.39 is 55.1 Å². The highest BCUT2D eigenvalue weighted by molar-refractivity contribution is 5.76. The fourth-order valence-corrected chi connectivity index (χ4v) is 1.35. The predicted octanol–water partition coefficient (Wildman–Crippen LogP) is 1.15. The van der Waals surface area contributed by atoms with Gasteiger partial charge in [-0.1, -0.05) is 0 Å².